The van der Waals surface area contributed by atoms with E-state index in [0.29, 0.717) is 5.02 Å². The lowest BCUT2D eigenvalue weighted by Crippen LogP contribution is -2.43. The van der Waals surface area contributed by atoms with Crippen molar-refractivity contribution in [2.75, 3.05) is 0 Å². The van der Waals surface area contributed by atoms with Crippen LogP contribution in [0.3, 0.4) is 0 Å². The summed E-state index contributed by atoms with van der Waals surface area (Å²) in [5.74, 6) is -0.807. The molecule has 2 rings (SSSR count). The van der Waals surface area contributed by atoms with Gasteiger partial charge in [0.15, 0.2) is 0 Å². The highest BCUT2D eigenvalue weighted by Crippen LogP contribution is 2.45. The van der Waals surface area contributed by atoms with E-state index in [1.54, 1.807) is 11.8 Å². The third-order valence-electron chi connectivity index (χ3n) is 2.85. The summed E-state index contributed by atoms with van der Waals surface area (Å²) in [6.07, 6.45) is 0. The third-order valence-corrected chi connectivity index (χ3v) is 4.59. The predicted molar refractivity (Wildman–Crippen MR) is 70.4 cm³/mol. The summed E-state index contributed by atoms with van der Waals surface area (Å²) in [6, 6.07) is 6.95. The Morgan fingerprint density at radius 2 is 2.00 bits per heavy atom. The Morgan fingerprint density at radius 3 is 2.47 bits per heavy atom. The Balaban J connectivity index is 2.21. The first-order valence-electron chi connectivity index (χ1n) is 5.32. The van der Waals surface area contributed by atoms with Gasteiger partial charge in [0, 0.05) is 9.77 Å². The lowest BCUT2D eigenvalue weighted by molar-refractivity contribution is -0.139. The zero-order valence-electron chi connectivity index (χ0n) is 9.61. The van der Waals surface area contributed by atoms with Gasteiger partial charge in [-0.15, -0.1) is 11.8 Å². The fourth-order valence-electron chi connectivity index (χ4n) is 1.93. The van der Waals surface area contributed by atoms with Crippen LogP contribution < -0.4 is 5.32 Å². The van der Waals surface area contributed by atoms with Crippen molar-refractivity contribution < 1.29 is 9.90 Å². The molecule has 1 unspecified atom stereocenters. The minimum absolute atomic E-state index is 0.00312. The number of nitrogens with one attached hydrogen (secondary N) is 1. The molecule has 2 N–H and O–H groups in total. The molecule has 2 atom stereocenters. The van der Waals surface area contributed by atoms with Crippen molar-refractivity contribution in [1.82, 2.24) is 5.32 Å². The van der Waals surface area contributed by atoms with Crippen LogP contribution in [0, 0.1) is 0 Å². The number of rotatable bonds is 2. The minimum atomic E-state index is -0.807. The largest absolute Gasteiger partial charge is 0.480 e. The number of carboxylic acid groups (broad SMARTS) is 1. The summed E-state index contributed by atoms with van der Waals surface area (Å²) in [4.78, 5) is 11.2. The molecular formula is C12H14ClNO2S. The normalized spacial score (nSPS) is 27.0. The average molecular weight is 272 g/mol. The monoisotopic (exact) mass is 271 g/mol. The van der Waals surface area contributed by atoms with Crippen LogP contribution in [-0.4, -0.2) is 21.9 Å². The molecule has 0 bridgehead atoms. The molecule has 1 aromatic carbocycles. The molecule has 3 nitrogen and oxygen atoms in total. The molecule has 1 aromatic rings. The minimum Gasteiger partial charge on any atom is -0.480 e. The van der Waals surface area contributed by atoms with E-state index in [9.17, 15) is 4.79 Å². The molecule has 1 heterocycles. The molecule has 92 valence electrons. The smallest absolute Gasteiger partial charge is 0.322 e. The van der Waals surface area contributed by atoms with Gasteiger partial charge in [-0.2, -0.15) is 0 Å². The van der Waals surface area contributed by atoms with Crippen LogP contribution in [0.2, 0.25) is 5.02 Å². The third kappa shape index (κ3) is 2.59. The predicted octanol–water partition coefficient (Wildman–Crippen LogP) is 2.91. The number of hydrogen-bond acceptors (Lipinski definition) is 3. The zero-order chi connectivity index (χ0) is 12.6. The van der Waals surface area contributed by atoms with Crippen LogP contribution in [0.5, 0.6) is 0 Å². The molecule has 0 amide bonds. The van der Waals surface area contributed by atoms with Gasteiger partial charge >= 0.3 is 5.97 Å². The van der Waals surface area contributed by atoms with Crippen molar-refractivity contribution in [1.29, 1.82) is 0 Å². The van der Waals surface area contributed by atoms with Gasteiger partial charge in [-0.05, 0) is 31.5 Å². The molecule has 0 aliphatic carbocycles. The molecule has 1 fully saturated rings. The number of aliphatic carboxylic acids is 1. The van der Waals surface area contributed by atoms with Crippen molar-refractivity contribution in [2.24, 2.45) is 0 Å². The van der Waals surface area contributed by atoms with Crippen LogP contribution in [0.1, 0.15) is 24.8 Å². The molecule has 1 aliphatic rings. The van der Waals surface area contributed by atoms with E-state index in [0.717, 1.165) is 5.56 Å². The van der Waals surface area contributed by atoms with Crippen molar-refractivity contribution in [3.63, 3.8) is 0 Å². The van der Waals surface area contributed by atoms with Crippen molar-refractivity contribution in [3.8, 4) is 0 Å². The molecule has 0 saturated carbocycles. The Kier molecular flexibility index (Phi) is 3.39. The number of halogens is 1. The Hall–Kier alpha value is -0.710. The summed E-state index contributed by atoms with van der Waals surface area (Å²) in [7, 11) is 0. The first-order valence-corrected chi connectivity index (χ1v) is 6.58. The molecule has 17 heavy (non-hydrogen) atoms. The molecule has 0 aromatic heterocycles. The summed E-state index contributed by atoms with van der Waals surface area (Å²) < 4.78 is -0.323. The standard InChI is InChI=1S/C12H14ClNO2S/c1-12(2)9(11(15)16)14-10(17-12)7-3-5-8(13)6-4-7/h3-6,9-10,14H,1-2H3,(H,15,16)/t9-,10?/m0/s1. The van der Waals surface area contributed by atoms with Crippen molar-refractivity contribution in [2.45, 2.75) is 30.0 Å². The maximum atomic E-state index is 11.2. The highest BCUT2D eigenvalue weighted by atomic mass is 35.5. The highest BCUT2D eigenvalue weighted by Gasteiger charge is 2.45. The van der Waals surface area contributed by atoms with Gasteiger partial charge in [0.25, 0.3) is 0 Å². The molecule has 1 aliphatic heterocycles. The van der Waals surface area contributed by atoms with Crippen molar-refractivity contribution >= 4 is 29.3 Å². The second-order valence-electron chi connectivity index (χ2n) is 4.59. The van der Waals surface area contributed by atoms with Crippen molar-refractivity contribution in [3.05, 3.63) is 34.9 Å². The summed E-state index contributed by atoms with van der Waals surface area (Å²) in [6.45, 7) is 3.89. The van der Waals surface area contributed by atoms with Gasteiger partial charge < -0.3 is 5.11 Å². The van der Waals surface area contributed by atoms with Crippen LogP contribution in [0.25, 0.3) is 0 Å². The molecule has 0 radical (unpaired) electrons. The van der Waals surface area contributed by atoms with E-state index < -0.39 is 12.0 Å². The topological polar surface area (TPSA) is 49.3 Å². The van der Waals surface area contributed by atoms with E-state index >= 15 is 0 Å². The fraction of sp³-hybridized carbons (Fsp3) is 0.417. The lowest BCUT2D eigenvalue weighted by Gasteiger charge is -2.20. The maximum Gasteiger partial charge on any atom is 0.322 e. The van der Waals surface area contributed by atoms with Crippen LogP contribution in [0.4, 0.5) is 0 Å². The van der Waals surface area contributed by atoms with Gasteiger partial charge in [0.05, 0.1) is 5.37 Å². The molecular weight excluding hydrogens is 258 g/mol. The summed E-state index contributed by atoms with van der Waals surface area (Å²) >= 11 is 7.46. The number of carboxylic acids is 1. The Morgan fingerprint density at radius 1 is 1.41 bits per heavy atom. The summed E-state index contributed by atoms with van der Waals surface area (Å²) in [5.41, 5.74) is 1.05. The number of hydrogen-bond donors (Lipinski definition) is 2. The number of benzene rings is 1. The SMILES string of the molecule is CC1(C)SC(c2ccc(Cl)cc2)N[C@H]1C(=O)O. The van der Waals surface area contributed by atoms with E-state index in [1.807, 2.05) is 38.1 Å². The molecule has 0 spiro atoms. The van der Waals surface area contributed by atoms with Crippen LogP contribution in [0.15, 0.2) is 24.3 Å². The van der Waals surface area contributed by atoms with E-state index in [-0.39, 0.29) is 10.1 Å². The second-order valence-corrected chi connectivity index (χ2v) is 6.79. The number of carbonyl (C=O) groups is 1. The second kappa shape index (κ2) is 4.52. The highest BCUT2D eigenvalue weighted by molar-refractivity contribution is 8.01. The lowest BCUT2D eigenvalue weighted by atomic mass is 10.0. The molecule has 1 saturated heterocycles. The van der Waals surface area contributed by atoms with Gasteiger partial charge in [0.2, 0.25) is 0 Å². The van der Waals surface area contributed by atoms with Gasteiger partial charge in [0.1, 0.15) is 6.04 Å². The van der Waals surface area contributed by atoms with E-state index in [4.69, 9.17) is 16.7 Å². The van der Waals surface area contributed by atoms with E-state index in [2.05, 4.69) is 5.32 Å². The van der Waals surface area contributed by atoms with Crippen LogP contribution in [-0.2, 0) is 4.79 Å². The zero-order valence-corrected chi connectivity index (χ0v) is 11.2. The number of thioether (sulfide) groups is 1. The quantitative estimate of drug-likeness (QED) is 0.868. The first-order chi connectivity index (χ1) is 7.90. The molecule has 5 heteroatoms. The Labute approximate surface area is 110 Å². The Bertz CT molecular complexity index is 433. The van der Waals surface area contributed by atoms with Gasteiger partial charge in [-0.1, -0.05) is 23.7 Å². The van der Waals surface area contributed by atoms with E-state index in [1.165, 1.54) is 0 Å². The summed E-state index contributed by atoms with van der Waals surface area (Å²) in [5, 5.41) is 13.0. The maximum absolute atomic E-state index is 11.2. The van der Waals surface area contributed by atoms with Gasteiger partial charge in [-0.25, -0.2) is 0 Å². The van der Waals surface area contributed by atoms with Gasteiger partial charge in [-0.3, -0.25) is 10.1 Å². The van der Waals surface area contributed by atoms with Crippen LogP contribution >= 0.6 is 23.4 Å². The fourth-order valence-corrected chi connectivity index (χ4v) is 3.46. The first kappa shape index (κ1) is 12.7. The average Bonchev–Trinajstić information content (AvgIpc) is 2.55.